The highest BCUT2D eigenvalue weighted by Gasteiger charge is 2.18. The molecule has 0 saturated heterocycles. The molecular weight excluding hydrogens is 248 g/mol. The molecule has 4 nitrogen and oxygen atoms in total. The molecule has 0 amide bonds. The Hall–Kier alpha value is -1.97. The van der Waals surface area contributed by atoms with Crippen LogP contribution >= 0.6 is 0 Å². The van der Waals surface area contributed by atoms with E-state index in [1.54, 1.807) is 0 Å². The van der Waals surface area contributed by atoms with Crippen molar-refractivity contribution in [2.75, 3.05) is 11.9 Å². The number of anilines is 1. The summed E-state index contributed by atoms with van der Waals surface area (Å²) in [5.74, 6) is 1.53. The molecule has 0 aliphatic heterocycles. The van der Waals surface area contributed by atoms with Gasteiger partial charge in [-0.25, -0.2) is 9.97 Å². The van der Waals surface area contributed by atoms with Gasteiger partial charge in [-0.3, -0.25) is 4.98 Å². The number of aromatic nitrogens is 3. The Morgan fingerprint density at radius 2 is 1.90 bits per heavy atom. The highest BCUT2D eigenvalue weighted by atomic mass is 15.0. The summed E-state index contributed by atoms with van der Waals surface area (Å²) in [6.07, 6.45) is 1.84. The van der Waals surface area contributed by atoms with Gasteiger partial charge in [-0.1, -0.05) is 26.8 Å². The van der Waals surface area contributed by atoms with Crippen LogP contribution in [0.25, 0.3) is 11.5 Å². The molecule has 0 saturated carbocycles. The van der Waals surface area contributed by atoms with Gasteiger partial charge in [0.05, 0.1) is 5.69 Å². The first-order valence-electron chi connectivity index (χ1n) is 6.96. The molecule has 4 heteroatoms. The van der Waals surface area contributed by atoms with Crippen LogP contribution in [0.15, 0.2) is 24.4 Å². The fraction of sp³-hybridized carbons (Fsp3) is 0.438. The van der Waals surface area contributed by atoms with Crippen molar-refractivity contribution in [3.8, 4) is 11.5 Å². The lowest BCUT2D eigenvalue weighted by Gasteiger charge is -2.19. The Bertz CT molecular complexity index is 582. The molecule has 0 radical (unpaired) electrons. The Kier molecular flexibility index (Phi) is 4.02. The maximum atomic E-state index is 4.67. The topological polar surface area (TPSA) is 50.7 Å². The summed E-state index contributed by atoms with van der Waals surface area (Å²) in [6.45, 7) is 11.4. The van der Waals surface area contributed by atoms with E-state index in [4.69, 9.17) is 0 Å². The van der Waals surface area contributed by atoms with Gasteiger partial charge in [-0.15, -0.1) is 0 Å². The van der Waals surface area contributed by atoms with E-state index in [0.29, 0.717) is 5.82 Å². The first-order chi connectivity index (χ1) is 9.40. The largest absolute Gasteiger partial charge is 0.370 e. The van der Waals surface area contributed by atoms with Crippen molar-refractivity contribution in [3.63, 3.8) is 0 Å². The van der Waals surface area contributed by atoms with Crippen LogP contribution in [-0.2, 0) is 5.41 Å². The third-order valence-corrected chi connectivity index (χ3v) is 2.99. The minimum Gasteiger partial charge on any atom is -0.370 e. The average molecular weight is 270 g/mol. The second-order valence-electron chi connectivity index (χ2n) is 5.96. The summed E-state index contributed by atoms with van der Waals surface area (Å²) in [6, 6.07) is 6.01. The summed E-state index contributed by atoms with van der Waals surface area (Å²) >= 11 is 0. The third-order valence-electron chi connectivity index (χ3n) is 2.99. The molecule has 0 bridgehead atoms. The summed E-state index contributed by atoms with van der Waals surface area (Å²) < 4.78 is 0. The molecule has 20 heavy (non-hydrogen) atoms. The van der Waals surface area contributed by atoms with Crippen LogP contribution in [0.5, 0.6) is 0 Å². The molecule has 0 atom stereocenters. The third kappa shape index (κ3) is 3.32. The van der Waals surface area contributed by atoms with E-state index in [0.717, 1.165) is 29.3 Å². The standard InChI is InChI=1S/C16H22N4/c1-6-17-14-9-13(16(3,4)5)19-15(20-14)12-8-7-11(2)10-18-12/h7-10H,6H2,1-5H3,(H,17,19,20). The van der Waals surface area contributed by atoms with Crippen LogP contribution in [0, 0.1) is 6.92 Å². The number of rotatable bonds is 3. The van der Waals surface area contributed by atoms with Gasteiger partial charge in [-0.05, 0) is 25.5 Å². The van der Waals surface area contributed by atoms with Crippen LogP contribution in [0.1, 0.15) is 39.0 Å². The van der Waals surface area contributed by atoms with Crippen LogP contribution in [0.4, 0.5) is 5.82 Å². The predicted octanol–water partition coefficient (Wildman–Crippen LogP) is 3.58. The lowest BCUT2D eigenvalue weighted by Crippen LogP contribution is -2.16. The van der Waals surface area contributed by atoms with Gasteiger partial charge < -0.3 is 5.32 Å². The molecule has 0 aromatic carbocycles. The zero-order chi connectivity index (χ0) is 14.8. The van der Waals surface area contributed by atoms with Gasteiger partial charge in [0.25, 0.3) is 0 Å². The SMILES string of the molecule is CCNc1cc(C(C)(C)C)nc(-c2ccc(C)cn2)n1. The molecular formula is C16H22N4. The normalized spacial score (nSPS) is 11.4. The van der Waals surface area contributed by atoms with Crippen molar-refractivity contribution in [2.45, 2.75) is 40.0 Å². The average Bonchev–Trinajstić information content (AvgIpc) is 2.38. The van der Waals surface area contributed by atoms with E-state index in [-0.39, 0.29) is 5.41 Å². The van der Waals surface area contributed by atoms with Gasteiger partial charge in [-0.2, -0.15) is 0 Å². The monoisotopic (exact) mass is 270 g/mol. The van der Waals surface area contributed by atoms with Crippen molar-refractivity contribution < 1.29 is 0 Å². The lowest BCUT2D eigenvalue weighted by molar-refractivity contribution is 0.568. The maximum absolute atomic E-state index is 4.67. The quantitative estimate of drug-likeness (QED) is 0.926. The Balaban J connectivity index is 2.51. The molecule has 1 N–H and O–H groups in total. The number of hydrogen-bond acceptors (Lipinski definition) is 4. The number of nitrogens with one attached hydrogen (secondary N) is 1. The minimum atomic E-state index is -0.0213. The smallest absolute Gasteiger partial charge is 0.180 e. The fourth-order valence-electron chi connectivity index (χ4n) is 1.82. The number of nitrogens with zero attached hydrogens (tertiary/aromatic N) is 3. The summed E-state index contributed by atoms with van der Waals surface area (Å²) in [4.78, 5) is 13.6. The molecule has 2 rings (SSSR count). The van der Waals surface area contributed by atoms with Crippen LogP contribution in [0.3, 0.4) is 0 Å². The summed E-state index contributed by atoms with van der Waals surface area (Å²) in [7, 11) is 0. The Labute approximate surface area is 120 Å². The van der Waals surface area contributed by atoms with Gasteiger partial charge in [0, 0.05) is 24.2 Å². The van der Waals surface area contributed by atoms with E-state index < -0.39 is 0 Å². The molecule has 0 spiro atoms. The minimum absolute atomic E-state index is 0.0213. The molecule has 2 heterocycles. The van der Waals surface area contributed by atoms with Crippen molar-refractivity contribution in [1.29, 1.82) is 0 Å². The predicted molar refractivity (Wildman–Crippen MR) is 82.9 cm³/mol. The molecule has 0 fully saturated rings. The van der Waals surface area contributed by atoms with E-state index in [1.807, 2.05) is 31.3 Å². The number of pyridine rings is 1. The number of hydrogen-bond donors (Lipinski definition) is 1. The highest BCUT2D eigenvalue weighted by Crippen LogP contribution is 2.25. The molecule has 2 aromatic heterocycles. The zero-order valence-corrected chi connectivity index (χ0v) is 12.9. The molecule has 0 aliphatic carbocycles. The molecule has 106 valence electrons. The molecule has 2 aromatic rings. The van der Waals surface area contributed by atoms with Crippen molar-refractivity contribution in [2.24, 2.45) is 0 Å². The van der Waals surface area contributed by atoms with E-state index in [2.05, 4.69) is 48.0 Å². The van der Waals surface area contributed by atoms with E-state index >= 15 is 0 Å². The first-order valence-corrected chi connectivity index (χ1v) is 6.96. The van der Waals surface area contributed by atoms with E-state index in [9.17, 15) is 0 Å². The molecule has 0 unspecified atom stereocenters. The number of aryl methyl sites for hydroxylation is 1. The first kappa shape index (κ1) is 14.4. The zero-order valence-electron chi connectivity index (χ0n) is 12.9. The van der Waals surface area contributed by atoms with Crippen LogP contribution < -0.4 is 5.32 Å². The van der Waals surface area contributed by atoms with Gasteiger partial charge in [0.2, 0.25) is 0 Å². The lowest BCUT2D eigenvalue weighted by atomic mass is 9.92. The summed E-state index contributed by atoms with van der Waals surface area (Å²) in [5.41, 5.74) is 2.93. The van der Waals surface area contributed by atoms with Crippen LogP contribution in [-0.4, -0.2) is 21.5 Å². The highest BCUT2D eigenvalue weighted by molar-refractivity contribution is 5.53. The van der Waals surface area contributed by atoms with Crippen molar-refractivity contribution in [1.82, 2.24) is 15.0 Å². The van der Waals surface area contributed by atoms with Crippen molar-refractivity contribution >= 4 is 5.82 Å². The van der Waals surface area contributed by atoms with E-state index in [1.165, 1.54) is 0 Å². The van der Waals surface area contributed by atoms with Gasteiger partial charge in [0.1, 0.15) is 11.5 Å². The van der Waals surface area contributed by atoms with Crippen molar-refractivity contribution in [3.05, 3.63) is 35.7 Å². The Morgan fingerprint density at radius 3 is 2.45 bits per heavy atom. The fourth-order valence-corrected chi connectivity index (χ4v) is 1.82. The Morgan fingerprint density at radius 1 is 1.15 bits per heavy atom. The van der Waals surface area contributed by atoms with Gasteiger partial charge in [0.15, 0.2) is 5.82 Å². The summed E-state index contributed by atoms with van der Waals surface area (Å²) in [5, 5.41) is 3.26. The maximum Gasteiger partial charge on any atom is 0.180 e. The molecule has 0 aliphatic rings. The van der Waals surface area contributed by atoms with Crippen LogP contribution in [0.2, 0.25) is 0 Å². The van der Waals surface area contributed by atoms with Gasteiger partial charge >= 0.3 is 0 Å². The second-order valence-corrected chi connectivity index (χ2v) is 5.96. The second kappa shape index (κ2) is 5.57.